The first-order valence-corrected chi connectivity index (χ1v) is 35.7. The highest BCUT2D eigenvalue weighted by Gasteiger charge is 2.12. The predicted octanol–water partition coefficient (Wildman–Crippen LogP) is 14.2. The van der Waals surface area contributed by atoms with Crippen LogP contribution >= 0.6 is 0 Å². The number of amidine groups is 4. The van der Waals surface area contributed by atoms with Gasteiger partial charge in [0.25, 0.3) is 0 Å². The highest BCUT2D eigenvalue weighted by Crippen LogP contribution is 2.30. The summed E-state index contributed by atoms with van der Waals surface area (Å²) in [5, 5.41) is 51.7. The van der Waals surface area contributed by atoms with Gasteiger partial charge in [0.15, 0.2) is 0 Å². The van der Waals surface area contributed by atoms with Crippen molar-refractivity contribution in [1.29, 1.82) is 0 Å². The lowest BCUT2D eigenvalue weighted by Gasteiger charge is -2.08. The summed E-state index contributed by atoms with van der Waals surface area (Å²) in [6.07, 6.45) is 19.5. The van der Waals surface area contributed by atoms with Crippen molar-refractivity contribution in [1.82, 2.24) is 43.2 Å². The number of hydrogen-bond donors (Lipinski definition) is 8. The van der Waals surface area contributed by atoms with E-state index in [-0.39, 0.29) is 0 Å². The Hall–Kier alpha value is -12.8. The highest BCUT2D eigenvalue weighted by atomic mass is 15.4. The molecule has 0 bridgehead atoms. The molecule has 0 spiro atoms. The van der Waals surface area contributed by atoms with Crippen LogP contribution in [0.4, 0.5) is 0 Å². The Bertz CT molecular complexity index is 5360. The molecule has 104 heavy (non-hydrogen) atoms. The molecule has 6 aliphatic heterocycles. The topological polar surface area (TPSA) is 245 Å². The largest absolute Gasteiger partial charge is 0.353 e. The molecule has 20 nitrogen and oxygen atoms in total. The molecule has 0 saturated heterocycles. The smallest absolute Gasteiger partial charge is 0.212 e. The van der Waals surface area contributed by atoms with Crippen LogP contribution in [0.25, 0.3) is 86.2 Å². The van der Waals surface area contributed by atoms with Crippen LogP contribution < -0.4 is 43.2 Å². The fourth-order valence-electron chi connectivity index (χ4n) is 13.3. The molecule has 12 aromatic rings. The number of guanidine groups is 2. The maximum atomic E-state index is 4.41. The second kappa shape index (κ2) is 33.1. The van der Waals surface area contributed by atoms with E-state index in [1.165, 1.54) is 75.4 Å². The molecule has 18 rings (SSSR count). The molecule has 0 fully saturated rings. The normalized spacial score (nSPS) is 15.7. The zero-order chi connectivity index (χ0) is 69.9. The summed E-state index contributed by atoms with van der Waals surface area (Å²) < 4.78 is 0. The van der Waals surface area contributed by atoms with E-state index >= 15 is 0 Å². The standard InChI is InChI=1S/C24H24N6.C23H23N7.C19H17N3.C18H16N4/c1-5-17-13-22-18(6-2-8-20(22)16-28-30-24-10-4-12-26-24)14-21(17)19(7-1)15-27-29-23-9-3-11-25-23;1-4-16-12-17-5-2-7-19(15-28-30-23-25-10-11-26-23)21(17)13-20(16)18(6-1)14-27-29-22-8-3-9-24-22;1-2-6-15-12-18-16(11-14(15)5-1)7-3-8-17(18)13-21-22-19-9-4-10-20-19;1-2-4-15-11-17-9-13(5-6-16(17)10-14(15)3-1)12-21-22-18-19-7-8-20-18/h1-2,5-8,13-16H,3-4,9-12H2,(H,25,29)(H,26,30);1-2,4-7,12-15H,3,8-11H2,(H,24,29)(H2,25,26,30);1-3,5-8,11-13H,4,9-10H2,(H,20,22);1-6,9-12H,7-8H2,(H2,19,20,22)/b27-15+,28-16+;27-14+,28-15+;21-13+;21-12-. The van der Waals surface area contributed by atoms with Crippen LogP contribution in [0.2, 0.25) is 0 Å². The molecule has 20 heteroatoms. The van der Waals surface area contributed by atoms with Gasteiger partial charge in [0, 0.05) is 92.8 Å². The van der Waals surface area contributed by atoms with Gasteiger partial charge < -0.3 is 10.6 Å². The SMILES string of the molecule is C(=N/NC1=NCCN1)/c1ccc2cc3ccccc3cc2c1.C(=N\NC1=NCCC1)/c1cccc2cc3c(/C=N/NC4=NCCC4)cccc3cc12.C(=N\NC1=NCCC1)/c1cccc2cc3cccc(/C=N/NC4=NCCN4)c3cc12.C(=N\NC1=NCCC1)/c1cccc2cc3ccccc3cc12. The van der Waals surface area contributed by atoms with E-state index in [4.69, 9.17) is 0 Å². The van der Waals surface area contributed by atoms with Crippen molar-refractivity contribution in [2.45, 2.75) is 51.4 Å². The maximum absolute atomic E-state index is 4.41. The predicted molar refractivity (Wildman–Crippen MR) is 437 cm³/mol. The van der Waals surface area contributed by atoms with Crippen LogP contribution in [-0.4, -0.2) is 125 Å². The van der Waals surface area contributed by atoms with Crippen molar-refractivity contribution in [2.24, 2.45) is 60.6 Å². The Morgan fingerprint density at radius 1 is 0.250 bits per heavy atom. The fourth-order valence-corrected chi connectivity index (χ4v) is 13.3. The summed E-state index contributed by atoms with van der Waals surface area (Å²) in [7, 11) is 0. The molecule has 0 aliphatic carbocycles. The van der Waals surface area contributed by atoms with Crippen LogP contribution in [-0.2, 0) is 0 Å². The second-order valence-electron chi connectivity index (χ2n) is 25.8. The number of nitrogens with zero attached hydrogens (tertiary/aromatic N) is 12. The number of hydrazone groups is 6. The first-order chi connectivity index (χ1) is 51.5. The molecule has 0 radical (unpaired) electrons. The number of nitrogens with one attached hydrogen (secondary N) is 8. The van der Waals surface area contributed by atoms with Gasteiger partial charge in [-0.15, -0.1) is 0 Å². The Labute approximate surface area is 602 Å². The van der Waals surface area contributed by atoms with Gasteiger partial charge >= 0.3 is 0 Å². The van der Waals surface area contributed by atoms with Crippen molar-refractivity contribution in [3.05, 3.63) is 240 Å². The highest BCUT2D eigenvalue weighted by molar-refractivity contribution is 6.13. The van der Waals surface area contributed by atoms with Gasteiger partial charge in [-0.05, 0) is 172 Å². The third-order valence-corrected chi connectivity index (χ3v) is 18.6. The molecule has 0 unspecified atom stereocenters. The summed E-state index contributed by atoms with van der Waals surface area (Å²) in [6, 6.07) is 72.5. The molecule has 12 aromatic carbocycles. The molecule has 0 atom stereocenters. The number of hydrogen-bond acceptors (Lipinski definition) is 20. The second-order valence-corrected chi connectivity index (χ2v) is 25.8. The first-order valence-electron chi connectivity index (χ1n) is 35.7. The molecule has 6 heterocycles. The summed E-state index contributed by atoms with van der Waals surface area (Å²) >= 11 is 0. The summed E-state index contributed by atoms with van der Waals surface area (Å²) in [4.78, 5) is 26.1. The molecule has 516 valence electrons. The van der Waals surface area contributed by atoms with E-state index < -0.39 is 0 Å². The lowest BCUT2D eigenvalue weighted by Crippen LogP contribution is -2.30. The summed E-state index contributed by atoms with van der Waals surface area (Å²) in [5.41, 5.74) is 24.6. The van der Waals surface area contributed by atoms with E-state index in [2.05, 4.69) is 310 Å². The fraction of sp³-hybridized carbons (Fsp3) is 0.190. The van der Waals surface area contributed by atoms with Gasteiger partial charge in [0.1, 0.15) is 23.3 Å². The van der Waals surface area contributed by atoms with Crippen molar-refractivity contribution in [3.63, 3.8) is 0 Å². The number of benzene rings is 12. The minimum absolute atomic E-state index is 0.717. The molecular formula is C84H80N20. The summed E-state index contributed by atoms with van der Waals surface area (Å²) in [6.45, 7) is 6.91. The number of rotatable bonds is 12. The van der Waals surface area contributed by atoms with E-state index in [1.54, 1.807) is 0 Å². The molecule has 6 aliphatic rings. The first kappa shape index (κ1) is 67.0. The van der Waals surface area contributed by atoms with Crippen molar-refractivity contribution >= 4 is 159 Å². The zero-order valence-electron chi connectivity index (χ0n) is 57.8. The average Bonchev–Trinajstić information content (AvgIpc) is 1.04. The van der Waals surface area contributed by atoms with E-state index in [0.717, 1.165) is 183 Å². The lowest BCUT2D eigenvalue weighted by atomic mass is 9.97. The van der Waals surface area contributed by atoms with Gasteiger partial charge in [-0.2, -0.15) is 30.6 Å². The molecule has 0 amide bonds. The van der Waals surface area contributed by atoms with Gasteiger partial charge in [0.2, 0.25) is 11.9 Å². The molecular weight excluding hydrogens is 1290 g/mol. The third kappa shape index (κ3) is 17.0. The van der Waals surface area contributed by atoms with E-state index in [1.807, 2.05) is 37.3 Å². The zero-order valence-corrected chi connectivity index (χ0v) is 57.8. The molecule has 0 aromatic heterocycles. The van der Waals surface area contributed by atoms with Crippen molar-refractivity contribution in [3.8, 4) is 0 Å². The lowest BCUT2D eigenvalue weighted by molar-refractivity contribution is 0.920. The van der Waals surface area contributed by atoms with Crippen molar-refractivity contribution in [2.75, 3.05) is 52.4 Å². The van der Waals surface area contributed by atoms with Crippen LogP contribution in [0.15, 0.2) is 267 Å². The molecule has 0 saturated carbocycles. The Balaban J connectivity index is 0.000000113. The van der Waals surface area contributed by atoms with E-state index in [0.29, 0.717) is 0 Å². The maximum Gasteiger partial charge on any atom is 0.212 e. The monoisotopic (exact) mass is 1370 g/mol. The van der Waals surface area contributed by atoms with Crippen LogP contribution in [0.5, 0.6) is 0 Å². The van der Waals surface area contributed by atoms with Gasteiger partial charge in [-0.25, -0.2) is 20.8 Å². The quantitative estimate of drug-likeness (QED) is 0.0331. The molecule has 8 N–H and O–H groups in total. The van der Waals surface area contributed by atoms with Gasteiger partial charge in [-0.3, -0.25) is 41.7 Å². The summed E-state index contributed by atoms with van der Waals surface area (Å²) in [5.74, 6) is 5.35. The minimum Gasteiger partial charge on any atom is -0.353 e. The van der Waals surface area contributed by atoms with E-state index in [9.17, 15) is 0 Å². The Morgan fingerprint density at radius 2 is 0.548 bits per heavy atom. The Kier molecular flexibility index (Phi) is 21.3. The van der Waals surface area contributed by atoms with Crippen LogP contribution in [0, 0.1) is 0 Å². The van der Waals surface area contributed by atoms with Gasteiger partial charge in [0.05, 0.1) is 50.4 Å². The minimum atomic E-state index is 0.717. The number of aliphatic imine (C=N–C) groups is 6. The third-order valence-electron chi connectivity index (χ3n) is 18.6. The average molecular weight is 1370 g/mol. The number of fused-ring (bicyclic) bond motifs is 8. The van der Waals surface area contributed by atoms with Crippen LogP contribution in [0.1, 0.15) is 84.7 Å². The van der Waals surface area contributed by atoms with Gasteiger partial charge in [-0.1, -0.05) is 152 Å². The Morgan fingerprint density at radius 3 is 0.913 bits per heavy atom. The van der Waals surface area contributed by atoms with Crippen molar-refractivity contribution < 1.29 is 0 Å². The van der Waals surface area contributed by atoms with Crippen LogP contribution in [0.3, 0.4) is 0 Å².